The number of alkyl halides is 3. The smallest absolute Gasteiger partial charge is 0.420 e. The van der Waals surface area contributed by atoms with Gasteiger partial charge in [-0.1, -0.05) is 0 Å². The maximum absolute atomic E-state index is 13.7. The van der Waals surface area contributed by atoms with E-state index in [4.69, 9.17) is 0 Å². The topological polar surface area (TPSA) is 91.0 Å². The average Bonchev–Trinajstić information content (AvgIpc) is 2.81. The molecule has 2 heterocycles. The molecule has 1 atom stereocenters. The van der Waals surface area contributed by atoms with Crippen LogP contribution < -0.4 is 5.32 Å². The van der Waals surface area contributed by atoms with Gasteiger partial charge in [0.2, 0.25) is 0 Å². The van der Waals surface area contributed by atoms with E-state index in [1.807, 2.05) is 0 Å². The number of nitro benzene ring substituents is 1. The van der Waals surface area contributed by atoms with E-state index >= 15 is 0 Å². The van der Waals surface area contributed by atoms with Crippen molar-refractivity contribution in [1.29, 1.82) is 0 Å². The molecule has 0 radical (unpaired) electrons. The molecule has 1 fully saturated rings. The quantitative estimate of drug-likeness (QED) is 0.629. The second kappa shape index (κ2) is 5.71. The molecule has 0 aromatic heterocycles. The van der Waals surface area contributed by atoms with Gasteiger partial charge in [-0.05, 0) is 6.07 Å². The fourth-order valence-corrected chi connectivity index (χ4v) is 3.21. The summed E-state index contributed by atoms with van der Waals surface area (Å²) >= 11 is 0. The van der Waals surface area contributed by atoms with E-state index in [1.54, 1.807) is 0 Å². The highest BCUT2D eigenvalue weighted by atomic mass is 19.4. The molecule has 1 unspecified atom stereocenters. The Morgan fingerprint density at radius 2 is 2.12 bits per heavy atom. The highest BCUT2D eigenvalue weighted by Gasteiger charge is 2.61. The number of hydrogen-bond donors (Lipinski definition) is 2. The van der Waals surface area contributed by atoms with Gasteiger partial charge >= 0.3 is 6.18 Å². The Balaban J connectivity index is 2.05. The zero-order valence-electron chi connectivity index (χ0n) is 12.5. The highest BCUT2D eigenvalue weighted by molar-refractivity contribution is 6.04. The molecular weight excluding hydrogens is 329 g/mol. The molecule has 0 bridgehead atoms. The highest BCUT2D eigenvalue weighted by Crippen LogP contribution is 2.41. The number of nitro groups is 1. The molecule has 1 aromatic rings. The largest absolute Gasteiger partial charge is 0.507 e. The number of non-ortho nitro benzene ring substituents is 1. The van der Waals surface area contributed by atoms with Crippen LogP contribution in [0.5, 0.6) is 5.75 Å². The first-order valence-corrected chi connectivity index (χ1v) is 7.32. The summed E-state index contributed by atoms with van der Waals surface area (Å²) in [4.78, 5) is 15.7. The maximum atomic E-state index is 13.7. The second-order valence-electron chi connectivity index (χ2n) is 5.74. The molecule has 2 aliphatic heterocycles. The maximum Gasteiger partial charge on any atom is 0.420 e. The Bertz CT molecular complexity index is 707. The summed E-state index contributed by atoms with van der Waals surface area (Å²) in [6.07, 6.45) is -5.07. The number of nitrogens with one attached hydrogen (secondary N) is 1. The van der Waals surface area contributed by atoms with Crippen LogP contribution in [-0.4, -0.2) is 58.7 Å². The SMILES string of the molecule is O=[N+]([O-])c1ccc(O)c(C2=NCCN3CCNC3(C(F)(F)F)C2)c1. The van der Waals surface area contributed by atoms with E-state index in [0.717, 1.165) is 18.2 Å². The third-order valence-electron chi connectivity index (χ3n) is 4.41. The van der Waals surface area contributed by atoms with Gasteiger partial charge in [-0.25, -0.2) is 0 Å². The Hall–Kier alpha value is -2.20. The van der Waals surface area contributed by atoms with Gasteiger partial charge in [0.1, 0.15) is 5.75 Å². The summed E-state index contributed by atoms with van der Waals surface area (Å²) in [5, 5.41) is 23.4. The van der Waals surface area contributed by atoms with Crippen LogP contribution in [-0.2, 0) is 0 Å². The van der Waals surface area contributed by atoms with Gasteiger partial charge < -0.3 is 5.11 Å². The number of hydrogen-bond acceptors (Lipinski definition) is 6. The van der Waals surface area contributed by atoms with Crippen molar-refractivity contribution in [3.05, 3.63) is 33.9 Å². The number of benzene rings is 1. The summed E-state index contributed by atoms with van der Waals surface area (Å²) in [6.45, 7) is 0.666. The van der Waals surface area contributed by atoms with Crippen LogP contribution in [0, 0.1) is 10.1 Å². The monoisotopic (exact) mass is 344 g/mol. The summed E-state index contributed by atoms with van der Waals surface area (Å²) in [5.74, 6) is -0.330. The number of aliphatic imine (C=N–C) groups is 1. The van der Waals surface area contributed by atoms with Crippen LogP contribution in [0.1, 0.15) is 12.0 Å². The van der Waals surface area contributed by atoms with Gasteiger partial charge in [0.05, 0.1) is 11.5 Å². The molecule has 0 amide bonds. The molecule has 0 aliphatic carbocycles. The van der Waals surface area contributed by atoms with Crippen molar-refractivity contribution in [1.82, 2.24) is 10.2 Å². The molecule has 0 saturated carbocycles. The summed E-state index contributed by atoms with van der Waals surface area (Å²) < 4.78 is 41.2. The number of fused-ring (bicyclic) bond motifs is 1. The first-order chi connectivity index (χ1) is 11.2. The summed E-state index contributed by atoms with van der Waals surface area (Å²) in [5.41, 5.74) is -2.61. The van der Waals surface area contributed by atoms with Gasteiger partial charge in [-0.3, -0.25) is 25.3 Å². The normalized spacial score (nSPS) is 25.0. The van der Waals surface area contributed by atoms with E-state index in [2.05, 4.69) is 10.3 Å². The number of phenols is 1. The van der Waals surface area contributed by atoms with Crippen LogP contribution in [0.15, 0.2) is 23.2 Å². The number of halogens is 3. The van der Waals surface area contributed by atoms with E-state index in [0.29, 0.717) is 0 Å². The molecule has 0 spiro atoms. The first-order valence-electron chi connectivity index (χ1n) is 7.32. The standard InChI is InChI=1S/C14H15F3N4O3/c15-14(16,17)13-8-11(18-3-5-20(13)6-4-19-13)10-7-9(21(23)24)1-2-12(10)22/h1-2,7,19,22H,3-6,8H2. The van der Waals surface area contributed by atoms with Crippen LogP contribution in [0.25, 0.3) is 0 Å². The Labute approximate surface area is 134 Å². The lowest BCUT2D eigenvalue weighted by Crippen LogP contribution is -2.62. The first kappa shape index (κ1) is 16.7. The minimum absolute atomic E-state index is 0.00502. The van der Waals surface area contributed by atoms with Gasteiger partial charge in [0, 0.05) is 49.5 Å². The third kappa shape index (κ3) is 2.61. The van der Waals surface area contributed by atoms with E-state index in [-0.39, 0.29) is 48.9 Å². The van der Waals surface area contributed by atoms with Crippen molar-refractivity contribution < 1.29 is 23.2 Å². The minimum atomic E-state index is -4.55. The molecule has 1 aromatic carbocycles. The van der Waals surface area contributed by atoms with Crippen LogP contribution in [0.2, 0.25) is 0 Å². The van der Waals surface area contributed by atoms with E-state index in [1.165, 1.54) is 4.90 Å². The lowest BCUT2D eigenvalue weighted by Gasteiger charge is -2.38. The molecule has 24 heavy (non-hydrogen) atoms. The van der Waals surface area contributed by atoms with Crippen molar-refractivity contribution in [3.63, 3.8) is 0 Å². The number of aromatic hydroxyl groups is 1. The summed E-state index contributed by atoms with van der Waals surface area (Å²) in [7, 11) is 0. The van der Waals surface area contributed by atoms with Crippen LogP contribution >= 0.6 is 0 Å². The predicted molar refractivity (Wildman–Crippen MR) is 79.1 cm³/mol. The van der Waals surface area contributed by atoms with Crippen molar-refractivity contribution in [3.8, 4) is 5.75 Å². The molecule has 7 nitrogen and oxygen atoms in total. The molecular formula is C14H15F3N4O3. The van der Waals surface area contributed by atoms with Gasteiger partial charge in [0.15, 0.2) is 5.66 Å². The average molecular weight is 344 g/mol. The lowest BCUT2D eigenvalue weighted by atomic mass is 9.95. The van der Waals surface area contributed by atoms with Crippen LogP contribution in [0.3, 0.4) is 0 Å². The predicted octanol–water partition coefficient (Wildman–Crippen LogP) is 1.66. The number of nitrogens with zero attached hydrogens (tertiary/aromatic N) is 3. The van der Waals surface area contributed by atoms with Gasteiger partial charge in [-0.15, -0.1) is 0 Å². The minimum Gasteiger partial charge on any atom is -0.507 e. The van der Waals surface area contributed by atoms with Gasteiger partial charge in [-0.2, -0.15) is 13.2 Å². The third-order valence-corrected chi connectivity index (χ3v) is 4.41. The van der Waals surface area contributed by atoms with Crippen molar-refractivity contribution in [2.45, 2.75) is 18.3 Å². The zero-order valence-corrected chi connectivity index (χ0v) is 12.5. The Morgan fingerprint density at radius 3 is 2.79 bits per heavy atom. The fourth-order valence-electron chi connectivity index (χ4n) is 3.21. The number of rotatable bonds is 2. The fraction of sp³-hybridized carbons (Fsp3) is 0.500. The molecule has 130 valence electrons. The van der Waals surface area contributed by atoms with Gasteiger partial charge in [0.25, 0.3) is 5.69 Å². The molecule has 2 N–H and O–H groups in total. The van der Waals surface area contributed by atoms with Crippen molar-refractivity contribution in [2.24, 2.45) is 4.99 Å². The molecule has 1 saturated heterocycles. The van der Waals surface area contributed by atoms with Crippen molar-refractivity contribution in [2.75, 3.05) is 26.2 Å². The second-order valence-corrected chi connectivity index (χ2v) is 5.74. The number of phenolic OH excluding ortho intramolecular Hbond substituents is 1. The Morgan fingerprint density at radius 1 is 1.38 bits per heavy atom. The Kier molecular flexibility index (Phi) is 3.96. The van der Waals surface area contributed by atoms with Crippen LogP contribution in [0.4, 0.5) is 18.9 Å². The molecule has 3 rings (SSSR count). The molecule has 10 heteroatoms. The van der Waals surface area contributed by atoms with Crippen molar-refractivity contribution >= 4 is 11.4 Å². The van der Waals surface area contributed by atoms with E-state index in [9.17, 15) is 28.4 Å². The lowest BCUT2D eigenvalue weighted by molar-refractivity contribution is -0.384. The zero-order chi connectivity index (χ0) is 17.5. The van der Waals surface area contributed by atoms with E-state index < -0.39 is 23.2 Å². The molecule has 2 aliphatic rings. The summed E-state index contributed by atoms with van der Waals surface area (Å²) in [6, 6.07) is 3.25.